The highest BCUT2D eigenvalue weighted by Crippen LogP contribution is 2.07. The fourth-order valence-electron chi connectivity index (χ4n) is 0.768. The van der Waals surface area contributed by atoms with Gasteiger partial charge in [-0.25, -0.2) is 0 Å². The van der Waals surface area contributed by atoms with Crippen LogP contribution in [0.2, 0.25) is 6.04 Å². The summed E-state index contributed by atoms with van der Waals surface area (Å²) in [7, 11) is 1.43. The third kappa shape index (κ3) is 3.79. The highest BCUT2D eigenvalue weighted by molar-refractivity contribution is 6.60. The fourth-order valence-corrected chi connectivity index (χ4v) is 4.55. The zero-order valence-corrected chi connectivity index (χ0v) is 10.7. The van der Waals surface area contributed by atoms with Crippen LogP contribution in [-0.4, -0.2) is 40.1 Å². The topological polar surface area (TPSA) is 36.9 Å². The van der Waals surface area contributed by atoms with Crippen molar-refractivity contribution in [1.29, 1.82) is 0 Å². The molecule has 0 N–H and O–H groups in total. The van der Waals surface area contributed by atoms with Crippen molar-refractivity contribution >= 4 is 18.8 Å². The summed E-state index contributed by atoms with van der Waals surface area (Å²) in [6.07, 6.45) is 1.15. The Morgan fingerprint density at radius 1 is 1.08 bits per heavy atom. The first-order valence-electron chi connectivity index (χ1n) is 4.04. The lowest BCUT2D eigenvalue weighted by molar-refractivity contribution is 0.0523. The maximum atomic E-state index is 5.53. The van der Waals surface area contributed by atoms with Crippen molar-refractivity contribution in [3.63, 3.8) is 0 Å². The minimum Gasteiger partial charge on any atom is -0.400 e. The second kappa shape index (κ2) is 6.75. The van der Waals surface area contributed by atoms with Gasteiger partial charge in [0.2, 0.25) is 0 Å². The third-order valence-corrected chi connectivity index (χ3v) is 6.25. The van der Waals surface area contributed by atoms with Gasteiger partial charge in [-0.1, -0.05) is 13.3 Å². The zero-order valence-electron chi connectivity index (χ0n) is 8.25. The van der Waals surface area contributed by atoms with Gasteiger partial charge in [0.25, 0.3) is 0 Å². The van der Waals surface area contributed by atoms with Crippen LogP contribution in [0.15, 0.2) is 0 Å². The van der Waals surface area contributed by atoms with E-state index in [2.05, 4.69) is 6.92 Å². The predicted molar refractivity (Wildman–Crippen MR) is 51.5 cm³/mol. The van der Waals surface area contributed by atoms with E-state index in [1.54, 1.807) is 21.3 Å². The fraction of sp³-hybridized carbons (Fsp3) is 1.00. The lowest BCUT2D eigenvalue weighted by atomic mass is 10.6. The molecule has 0 fully saturated rings. The van der Waals surface area contributed by atoms with Crippen LogP contribution in [0.25, 0.3) is 0 Å². The number of hydrogen-bond donors (Lipinski definition) is 0. The molecule has 74 valence electrons. The summed E-state index contributed by atoms with van der Waals surface area (Å²) in [6, 6.07) is 1.13. The van der Waals surface area contributed by atoms with Gasteiger partial charge in [-0.05, 0) is 6.04 Å². The van der Waals surface area contributed by atoms with Gasteiger partial charge in [0, 0.05) is 21.3 Å². The Morgan fingerprint density at radius 3 is 1.92 bits per heavy atom. The third-order valence-electron chi connectivity index (χ3n) is 1.53. The van der Waals surface area contributed by atoms with Crippen LogP contribution < -0.4 is 0 Å². The first kappa shape index (κ1) is 12.3. The summed E-state index contributed by atoms with van der Waals surface area (Å²) in [4.78, 5) is 0. The molecule has 0 amide bonds. The van der Waals surface area contributed by atoms with Crippen molar-refractivity contribution in [1.82, 2.24) is 0 Å². The Hall–Kier alpha value is 0.274. The molecule has 6 heteroatoms. The van der Waals surface area contributed by atoms with E-state index in [1.807, 2.05) is 0 Å². The lowest BCUT2D eigenvalue weighted by Gasteiger charge is -2.23. The van der Waals surface area contributed by atoms with Crippen molar-refractivity contribution < 1.29 is 17.4 Å². The zero-order chi connectivity index (χ0) is 9.45. The van der Waals surface area contributed by atoms with Gasteiger partial charge < -0.3 is 17.4 Å². The van der Waals surface area contributed by atoms with E-state index in [4.69, 9.17) is 17.4 Å². The smallest absolute Gasteiger partial charge is 0.400 e. The van der Waals surface area contributed by atoms with Crippen molar-refractivity contribution in [2.45, 2.75) is 19.4 Å². The molecule has 0 rings (SSSR count). The van der Waals surface area contributed by atoms with Crippen molar-refractivity contribution in [2.24, 2.45) is 0 Å². The molecule has 0 aromatic heterocycles. The lowest BCUT2D eigenvalue weighted by Crippen LogP contribution is -2.47. The summed E-state index contributed by atoms with van der Waals surface area (Å²) >= 11 is 0. The largest absolute Gasteiger partial charge is 0.667 e. The predicted octanol–water partition coefficient (Wildman–Crippen LogP) is 0.290. The average molecular weight is 210 g/mol. The Balaban J connectivity index is 3.76. The molecule has 0 aliphatic carbocycles. The Kier molecular flexibility index (Phi) is 6.91. The van der Waals surface area contributed by atoms with E-state index >= 15 is 0 Å². The molecular weight excluding hydrogens is 192 g/mol. The SMILES string of the molecule is CCC[SiH2]O[Si](OC)(OC)OC. The van der Waals surface area contributed by atoms with Crippen LogP contribution in [0.1, 0.15) is 13.3 Å². The van der Waals surface area contributed by atoms with Gasteiger partial charge in [-0.2, -0.15) is 0 Å². The van der Waals surface area contributed by atoms with Crippen molar-refractivity contribution in [2.75, 3.05) is 21.3 Å². The maximum Gasteiger partial charge on any atom is 0.667 e. The van der Waals surface area contributed by atoms with Gasteiger partial charge in [0.15, 0.2) is 9.76 Å². The van der Waals surface area contributed by atoms with Crippen LogP contribution >= 0.6 is 0 Å². The molecule has 4 nitrogen and oxygen atoms in total. The quantitative estimate of drug-likeness (QED) is 0.447. The minimum atomic E-state index is -2.69. The summed E-state index contributed by atoms with van der Waals surface area (Å²) < 4.78 is 20.8. The van der Waals surface area contributed by atoms with Gasteiger partial charge in [-0.3, -0.25) is 0 Å². The van der Waals surface area contributed by atoms with Crippen LogP contribution in [-0.2, 0) is 17.4 Å². The summed E-state index contributed by atoms with van der Waals surface area (Å²) in [5.74, 6) is 0. The van der Waals surface area contributed by atoms with E-state index < -0.39 is 18.8 Å². The second-order valence-corrected chi connectivity index (χ2v) is 6.81. The van der Waals surface area contributed by atoms with Gasteiger partial charge in [0.05, 0.1) is 0 Å². The number of hydrogen-bond acceptors (Lipinski definition) is 4. The first-order chi connectivity index (χ1) is 5.74. The molecule has 0 bridgehead atoms. The molecule has 0 aliphatic rings. The first-order valence-corrected chi connectivity index (χ1v) is 7.25. The summed E-state index contributed by atoms with van der Waals surface area (Å²) in [5, 5.41) is 0. The second-order valence-electron chi connectivity index (χ2n) is 2.31. The number of rotatable bonds is 7. The Labute approximate surface area is 77.6 Å². The molecule has 0 aromatic rings. The molecule has 0 aromatic carbocycles. The molecule has 0 spiro atoms. The molecule has 0 saturated carbocycles. The van der Waals surface area contributed by atoms with Crippen LogP contribution in [0.4, 0.5) is 0 Å². The highest BCUT2D eigenvalue weighted by Gasteiger charge is 2.41. The van der Waals surface area contributed by atoms with Crippen LogP contribution in [0, 0.1) is 0 Å². The highest BCUT2D eigenvalue weighted by atomic mass is 28.4. The monoisotopic (exact) mass is 210 g/mol. The molecular formula is C6H18O4Si2. The molecule has 0 unspecified atom stereocenters. The van der Waals surface area contributed by atoms with Crippen molar-refractivity contribution in [3.05, 3.63) is 0 Å². The van der Waals surface area contributed by atoms with Crippen LogP contribution in [0.3, 0.4) is 0 Å². The maximum absolute atomic E-state index is 5.53. The average Bonchev–Trinajstić information content (AvgIpc) is 2.14. The van der Waals surface area contributed by atoms with E-state index in [-0.39, 0.29) is 0 Å². The standard InChI is InChI=1S/C6H18O4Si2/c1-5-6-11-10-12(7-2,8-3)9-4/h5-6,11H2,1-4H3. The molecule has 0 aliphatic heterocycles. The van der Waals surface area contributed by atoms with Crippen LogP contribution in [0.5, 0.6) is 0 Å². The van der Waals surface area contributed by atoms with Gasteiger partial charge >= 0.3 is 9.05 Å². The molecule has 12 heavy (non-hydrogen) atoms. The Morgan fingerprint density at radius 2 is 1.58 bits per heavy atom. The van der Waals surface area contributed by atoms with Crippen molar-refractivity contribution in [3.8, 4) is 0 Å². The van der Waals surface area contributed by atoms with E-state index in [9.17, 15) is 0 Å². The van der Waals surface area contributed by atoms with E-state index in [0.717, 1.165) is 12.5 Å². The minimum absolute atomic E-state index is 0.539. The molecule has 0 saturated heterocycles. The molecule has 0 heterocycles. The van der Waals surface area contributed by atoms with Gasteiger partial charge in [-0.15, -0.1) is 0 Å². The van der Waals surface area contributed by atoms with E-state index in [1.165, 1.54) is 0 Å². The molecule has 0 radical (unpaired) electrons. The summed E-state index contributed by atoms with van der Waals surface area (Å²) in [5.41, 5.74) is 0. The van der Waals surface area contributed by atoms with E-state index in [0.29, 0.717) is 0 Å². The molecule has 0 atom stereocenters. The normalized spacial score (nSPS) is 13.0. The summed E-state index contributed by atoms with van der Waals surface area (Å²) in [6.45, 7) is 2.13. The Bertz CT molecular complexity index is 99.5. The van der Waals surface area contributed by atoms with Gasteiger partial charge in [0.1, 0.15) is 0 Å².